The molecule has 0 aromatic heterocycles. The highest BCUT2D eigenvalue weighted by Gasteiger charge is 2.09. The molecule has 0 amide bonds. The van der Waals surface area contributed by atoms with E-state index in [4.69, 9.17) is 16.3 Å². The molecule has 2 aromatic rings. The Morgan fingerprint density at radius 2 is 1.83 bits per heavy atom. The molecule has 0 bridgehead atoms. The second kappa shape index (κ2) is 5.40. The van der Waals surface area contributed by atoms with Gasteiger partial charge >= 0.3 is 0 Å². The van der Waals surface area contributed by atoms with E-state index in [1.54, 1.807) is 12.1 Å². The summed E-state index contributed by atoms with van der Waals surface area (Å²) in [7, 11) is 0. The van der Waals surface area contributed by atoms with Crippen LogP contribution in [0.1, 0.15) is 16.7 Å². The second-order valence-corrected chi connectivity index (χ2v) is 4.59. The van der Waals surface area contributed by atoms with E-state index < -0.39 is 0 Å². The lowest BCUT2D eigenvalue weighted by Gasteiger charge is -2.12. The topological polar surface area (TPSA) is 9.23 Å². The molecule has 0 aliphatic heterocycles. The molecule has 2 rings (SSSR count). The van der Waals surface area contributed by atoms with Gasteiger partial charge in [0.2, 0.25) is 0 Å². The summed E-state index contributed by atoms with van der Waals surface area (Å²) in [4.78, 5) is 0. The maximum absolute atomic E-state index is 13.6. The normalized spacial score (nSPS) is 10.4. The number of halogens is 2. The van der Waals surface area contributed by atoms with Gasteiger partial charge in [0.05, 0.1) is 5.02 Å². The first kappa shape index (κ1) is 12.9. The monoisotopic (exact) mass is 264 g/mol. The standard InChI is InChI=1S/C15H14ClFO/c1-10-5-3-8-15(11(10)2)18-9-12-13(16)6-4-7-14(12)17/h3-8H,9H2,1-2H3. The third kappa shape index (κ3) is 2.65. The fourth-order valence-corrected chi connectivity index (χ4v) is 1.92. The van der Waals surface area contributed by atoms with Crippen molar-refractivity contribution < 1.29 is 9.13 Å². The maximum Gasteiger partial charge on any atom is 0.131 e. The summed E-state index contributed by atoms with van der Waals surface area (Å²) in [5, 5.41) is 0.389. The van der Waals surface area contributed by atoms with Crippen LogP contribution in [0.25, 0.3) is 0 Å². The van der Waals surface area contributed by atoms with Crippen LogP contribution < -0.4 is 4.74 Å². The fourth-order valence-electron chi connectivity index (χ4n) is 1.70. The summed E-state index contributed by atoms with van der Waals surface area (Å²) >= 11 is 5.95. The molecule has 0 saturated carbocycles. The van der Waals surface area contributed by atoms with Gasteiger partial charge in [-0.25, -0.2) is 4.39 Å². The highest BCUT2D eigenvalue weighted by molar-refractivity contribution is 6.31. The van der Waals surface area contributed by atoms with Crippen molar-refractivity contribution in [2.45, 2.75) is 20.5 Å². The molecular weight excluding hydrogens is 251 g/mol. The molecule has 0 radical (unpaired) electrons. The van der Waals surface area contributed by atoms with E-state index >= 15 is 0 Å². The maximum atomic E-state index is 13.6. The Balaban J connectivity index is 2.19. The van der Waals surface area contributed by atoms with Crippen LogP contribution in [-0.4, -0.2) is 0 Å². The third-order valence-corrected chi connectivity index (χ3v) is 3.34. The van der Waals surface area contributed by atoms with Gasteiger partial charge in [0, 0.05) is 5.56 Å². The first-order valence-electron chi connectivity index (χ1n) is 5.71. The lowest BCUT2D eigenvalue weighted by atomic mass is 10.1. The van der Waals surface area contributed by atoms with E-state index in [9.17, 15) is 4.39 Å². The quantitative estimate of drug-likeness (QED) is 0.782. The van der Waals surface area contributed by atoms with Crippen LogP contribution in [0.2, 0.25) is 5.02 Å². The van der Waals surface area contributed by atoms with Crippen LogP contribution in [0.3, 0.4) is 0 Å². The first-order valence-corrected chi connectivity index (χ1v) is 6.09. The van der Waals surface area contributed by atoms with Crippen molar-refractivity contribution in [3.05, 3.63) is 63.9 Å². The summed E-state index contributed by atoms with van der Waals surface area (Å²) in [6.07, 6.45) is 0. The van der Waals surface area contributed by atoms with Crippen LogP contribution in [-0.2, 0) is 6.61 Å². The summed E-state index contributed by atoms with van der Waals surface area (Å²) in [6.45, 7) is 4.13. The van der Waals surface area contributed by atoms with Crippen molar-refractivity contribution in [1.82, 2.24) is 0 Å². The van der Waals surface area contributed by atoms with E-state index in [1.165, 1.54) is 6.07 Å². The summed E-state index contributed by atoms with van der Waals surface area (Å²) in [5.74, 6) is 0.419. The molecule has 0 aliphatic carbocycles. The zero-order chi connectivity index (χ0) is 13.1. The Morgan fingerprint density at radius 3 is 2.56 bits per heavy atom. The summed E-state index contributed by atoms with van der Waals surface area (Å²) in [6, 6.07) is 10.4. The average molecular weight is 265 g/mol. The van der Waals surface area contributed by atoms with Gasteiger partial charge in [0.25, 0.3) is 0 Å². The number of ether oxygens (including phenoxy) is 1. The van der Waals surface area contributed by atoms with E-state index in [2.05, 4.69) is 0 Å². The minimum atomic E-state index is -0.340. The molecule has 3 heteroatoms. The van der Waals surface area contributed by atoms with Gasteiger partial charge in [-0.15, -0.1) is 0 Å². The molecule has 1 nitrogen and oxygen atoms in total. The molecule has 0 atom stereocenters. The largest absolute Gasteiger partial charge is 0.488 e. The SMILES string of the molecule is Cc1cccc(OCc2c(F)cccc2Cl)c1C. The zero-order valence-corrected chi connectivity index (χ0v) is 11.1. The lowest BCUT2D eigenvalue weighted by molar-refractivity contribution is 0.297. The van der Waals surface area contributed by atoms with Crippen molar-refractivity contribution in [3.63, 3.8) is 0 Å². The van der Waals surface area contributed by atoms with Crippen LogP contribution in [0.15, 0.2) is 36.4 Å². The summed E-state index contributed by atoms with van der Waals surface area (Å²) in [5.41, 5.74) is 2.59. The lowest BCUT2D eigenvalue weighted by Crippen LogP contribution is -2.01. The molecule has 0 aliphatic rings. The number of hydrogen-bond acceptors (Lipinski definition) is 1. The highest BCUT2D eigenvalue weighted by atomic mass is 35.5. The van der Waals surface area contributed by atoms with Crippen LogP contribution >= 0.6 is 11.6 Å². The first-order chi connectivity index (χ1) is 8.59. The molecule has 0 fully saturated rings. The van der Waals surface area contributed by atoms with Crippen LogP contribution in [0.4, 0.5) is 4.39 Å². The number of aryl methyl sites for hydroxylation is 1. The van der Waals surface area contributed by atoms with Crippen molar-refractivity contribution in [2.24, 2.45) is 0 Å². The van der Waals surface area contributed by atoms with Gasteiger partial charge in [-0.05, 0) is 43.2 Å². The third-order valence-electron chi connectivity index (χ3n) is 2.99. The molecule has 0 spiro atoms. The van der Waals surface area contributed by atoms with Gasteiger partial charge in [0.15, 0.2) is 0 Å². The van der Waals surface area contributed by atoms with E-state index in [0.29, 0.717) is 10.6 Å². The number of hydrogen-bond donors (Lipinski definition) is 0. The van der Waals surface area contributed by atoms with Crippen molar-refractivity contribution in [1.29, 1.82) is 0 Å². The zero-order valence-electron chi connectivity index (χ0n) is 10.3. The Morgan fingerprint density at radius 1 is 1.11 bits per heavy atom. The van der Waals surface area contributed by atoms with Crippen molar-refractivity contribution in [2.75, 3.05) is 0 Å². The number of rotatable bonds is 3. The van der Waals surface area contributed by atoms with Gasteiger partial charge in [-0.3, -0.25) is 0 Å². The molecular formula is C15H14ClFO. The van der Waals surface area contributed by atoms with E-state index in [-0.39, 0.29) is 12.4 Å². The molecule has 18 heavy (non-hydrogen) atoms. The van der Waals surface area contributed by atoms with Gasteiger partial charge in [-0.2, -0.15) is 0 Å². The molecule has 0 N–H and O–H groups in total. The van der Waals surface area contributed by atoms with E-state index in [0.717, 1.165) is 16.9 Å². The highest BCUT2D eigenvalue weighted by Crippen LogP contribution is 2.24. The van der Waals surface area contributed by atoms with Gasteiger partial charge < -0.3 is 4.74 Å². The molecule has 94 valence electrons. The number of benzene rings is 2. The van der Waals surface area contributed by atoms with Crippen molar-refractivity contribution >= 4 is 11.6 Å². The smallest absolute Gasteiger partial charge is 0.131 e. The van der Waals surface area contributed by atoms with E-state index in [1.807, 2.05) is 32.0 Å². The Bertz CT molecular complexity index is 546. The fraction of sp³-hybridized carbons (Fsp3) is 0.200. The predicted molar refractivity (Wildman–Crippen MR) is 71.7 cm³/mol. The Labute approximate surface area is 111 Å². The van der Waals surface area contributed by atoms with Crippen LogP contribution in [0.5, 0.6) is 5.75 Å². The minimum Gasteiger partial charge on any atom is -0.488 e. The molecule has 0 saturated heterocycles. The average Bonchev–Trinajstić information content (AvgIpc) is 2.33. The molecule has 0 heterocycles. The Kier molecular flexibility index (Phi) is 3.87. The molecule has 2 aromatic carbocycles. The second-order valence-electron chi connectivity index (χ2n) is 4.19. The molecule has 0 unspecified atom stereocenters. The minimum absolute atomic E-state index is 0.135. The van der Waals surface area contributed by atoms with Gasteiger partial charge in [-0.1, -0.05) is 29.8 Å². The summed E-state index contributed by atoms with van der Waals surface area (Å²) < 4.78 is 19.2. The van der Waals surface area contributed by atoms with Gasteiger partial charge in [0.1, 0.15) is 18.2 Å². The Hall–Kier alpha value is -1.54. The predicted octanol–water partition coefficient (Wildman–Crippen LogP) is 4.67. The van der Waals surface area contributed by atoms with Crippen LogP contribution in [0, 0.1) is 19.7 Å². The van der Waals surface area contributed by atoms with Crippen molar-refractivity contribution in [3.8, 4) is 5.75 Å².